The van der Waals surface area contributed by atoms with Crippen LogP contribution in [0.2, 0.25) is 0 Å². The van der Waals surface area contributed by atoms with Gasteiger partial charge < -0.3 is 13.7 Å². The van der Waals surface area contributed by atoms with E-state index >= 15 is 0 Å². The average Bonchev–Trinajstić information content (AvgIpc) is 3.78. The summed E-state index contributed by atoms with van der Waals surface area (Å²) in [6, 6.07) is 57.2. The van der Waals surface area contributed by atoms with Crippen LogP contribution in [0.15, 0.2) is 164 Å². The first-order valence-corrected chi connectivity index (χ1v) is 15.4. The van der Waals surface area contributed by atoms with E-state index in [1.807, 2.05) is 0 Å². The number of hydrogen-bond acceptors (Lipinski definition) is 0. The Kier molecular flexibility index (Phi) is 5.00. The first-order valence-electron chi connectivity index (χ1n) is 15.4. The smallest absolute Gasteiger partial charge is 0.0547 e. The van der Waals surface area contributed by atoms with Gasteiger partial charge >= 0.3 is 0 Å². The number of rotatable bonds is 3. The van der Waals surface area contributed by atoms with Crippen LogP contribution in [-0.4, -0.2) is 13.7 Å². The maximum absolute atomic E-state index is 2.40. The highest BCUT2D eigenvalue weighted by atomic mass is 15.0. The van der Waals surface area contributed by atoms with E-state index in [1.54, 1.807) is 0 Å². The summed E-state index contributed by atoms with van der Waals surface area (Å²) in [5.74, 6) is 0. The molecule has 45 heavy (non-hydrogen) atoms. The van der Waals surface area contributed by atoms with Gasteiger partial charge in [0, 0.05) is 50.2 Å². The molecule has 0 aliphatic carbocycles. The molecule has 0 N–H and O–H groups in total. The van der Waals surface area contributed by atoms with Gasteiger partial charge in [0.2, 0.25) is 0 Å². The second-order valence-corrected chi connectivity index (χ2v) is 11.9. The van der Waals surface area contributed by atoms with Crippen molar-refractivity contribution in [2.24, 2.45) is 0 Å². The molecule has 0 amide bonds. The van der Waals surface area contributed by atoms with Crippen LogP contribution in [0.3, 0.4) is 0 Å². The van der Waals surface area contributed by atoms with Gasteiger partial charge in [0.25, 0.3) is 0 Å². The molecular weight excluding hydrogens is 546 g/mol. The Morgan fingerprint density at radius 1 is 0.289 bits per heavy atom. The van der Waals surface area contributed by atoms with Gasteiger partial charge in [-0.25, -0.2) is 0 Å². The quantitative estimate of drug-likeness (QED) is 0.200. The van der Waals surface area contributed by atoms with Crippen molar-refractivity contribution in [2.45, 2.75) is 0 Å². The highest BCUT2D eigenvalue weighted by Gasteiger charge is 2.17. The summed E-state index contributed by atoms with van der Waals surface area (Å²) in [6.45, 7) is 0. The van der Waals surface area contributed by atoms with Crippen LogP contribution in [0.25, 0.3) is 82.3 Å². The van der Waals surface area contributed by atoms with E-state index in [-0.39, 0.29) is 0 Å². The van der Waals surface area contributed by atoms with E-state index < -0.39 is 0 Å². The van der Waals surface area contributed by atoms with E-state index in [9.17, 15) is 0 Å². The number of fused-ring (bicyclic) bond motifs is 9. The summed E-state index contributed by atoms with van der Waals surface area (Å²) in [4.78, 5) is 0. The molecule has 0 aliphatic rings. The summed E-state index contributed by atoms with van der Waals surface area (Å²) in [6.07, 6.45) is 2.22. The Hall–Kier alpha value is -6.06. The molecule has 0 atom stereocenters. The van der Waals surface area contributed by atoms with Crippen molar-refractivity contribution in [3.05, 3.63) is 164 Å². The SMILES string of the molecule is c1ccc(-n2c3ccccc3c3cc(-n4ccc5c6cc7c8ccccc8n(-c8ccccc8)c7cc6ccc54)ccc32)cc1. The molecule has 0 radical (unpaired) electrons. The van der Waals surface area contributed by atoms with Crippen LogP contribution in [-0.2, 0) is 0 Å². The largest absolute Gasteiger partial charge is 0.317 e. The Balaban J connectivity index is 1.20. The molecule has 0 unspecified atom stereocenters. The van der Waals surface area contributed by atoms with E-state index in [4.69, 9.17) is 0 Å². The number of benzene rings is 7. The predicted octanol–water partition coefficient (Wildman–Crippen LogP) is 11.0. The molecule has 0 spiro atoms. The maximum Gasteiger partial charge on any atom is 0.0547 e. The fourth-order valence-corrected chi connectivity index (χ4v) is 7.46. The van der Waals surface area contributed by atoms with Gasteiger partial charge in [0.05, 0.1) is 27.6 Å². The fourth-order valence-electron chi connectivity index (χ4n) is 7.46. The first kappa shape index (κ1) is 24.4. The second-order valence-electron chi connectivity index (χ2n) is 11.9. The van der Waals surface area contributed by atoms with Crippen molar-refractivity contribution < 1.29 is 0 Å². The molecule has 0 saturated heterocycles. The highest BCUT2D eigenvalue weighted by Crippen LogP contribution is 2.38. The lowest BCUT2D eigenvalue weighted by Gasteiger charge is -2.10. The molecule has 3 nitrogen and oxygen atoms in total. The van der Waals surface area contributed by atoms with Gasteiger partial charge in [0.15, 0.2) is 0 Å². The predicted molar refractivity (Wildman–Crippen MR) is 189 cm³/mol. The van der Waals surface area contributed by atoms with Crippen molar-refractivity contribution in [3.63, 3.8) is 0 Å². The monoisotopic (exact) mass is 573 g/mol. The standard InChI is InChI=1S/C42H27N3/c1-3-11-29(12-4-1)44-39-17-9-7-15-32(39)36-26-31(20-22-41(36)44)43-24-23-34-35-27-37-33-16-8-10-18-40(33)45(30-13-5-2-6-14-30)42(37)25-28(35)19-21-38(34)43/h1-27H. The highest BCUT2D eigenvalue weighted by molar-refractivity contribution is 6.18. The zero-order valence-corrected chi connectivity index (χ0v) is 24.4. The molecule has 3 heterocycles. The molecule has 210 valence electrons. The molecule has 0 fully saturated rings. The molecule has 7 aromatic carbocycles. The van der Waals surface area contributed by atoms with Crippen molar-refractivity contribution in [3.8, 4) is 17.1 Å². The normalized spacial score (nSPS) is 12.0. The first-order chi connectivity index (χ1) is 22.3. The van der Waals surface area contributed by atoms with E-state index in [0.29, 0.717) is 0 Å². The Morgan fingerprint density at radius 2 is 0.822 bits per heavy atom. The Morgan fingerprint density at radius 3 is 1.51 bits per heavy atom. The minimum absolute atomic E-state index is 1.16. The van der Waals surface area contributed by atoms with Gasteiger partial charge in [-0.2, -0.15) is 0 Å². The molecule has 10 aromatic rings. The summed E-state index contributed by atoms with van der Waals surface area (Å²) < 4.78 is 7.09. The van der Waals surface area contributed by atoms with Crippen molar-refractivity contribution >= 4 is 65.3 Å². The molecule has 10 rings (SSSR count). The lowest BCUT2D eigenvalue weighted by Crippen LogP contribution is -1.94. The van der Waals surface area contributed by atoms with E-state index in [2.05, 4.69) is 178 Å². The number of nitrogens with zero attached hydrogens (tertiary/aromatic N) is 3. The maximum atomic E-state index is 2.40. The van der Waals surface area contributed by atoms with Gasteiger partial charge in [-0.05, 0) is 89.6 Å². The number of hydrogen-bond donors (Lipinski definition) is 0. The van der Waals surface area contributed by atoms with Crippen molar-refractivity contribution in [2.75, 3.05) is 0 Å². The van der Waals surface area contributed by atoms with Gasteiger partial charge in [-0.3, -0.25) is 0 Å². The lowest BCUT2D eigenvalue weighted by atomic mass is 10.0. The van der Waals surface area contributed by atoms with Crippen LogP contribution in [0.1, 0.15) is 0 Å². The minimum atomic E-state index is 1.16. The number of para-hydroxylation sites is 4. The molecular formula is C42H27N3. The molecule has 3 heteroatoms. The van der Waals surface area contributed by atoms with Gasteiger partial charge in [-0.1, -0.05) is 78.9 Å². The lowest BCUT2D eigenvalue weighted by molar-refractivity contribution is 1.13. The Bertz CT molecular complexity index is 2740. The topological polar surface area (TPSA) is 14.8 Å². The van der Waals surface area contributed by atoms with Gasteiger partial charge in [0.1, 0.15) is 0 Å². The van der Waals surface area contributed by atoms with Crippen molar-refractivity contribution in [1.82, 2.24) is 13.7 Å². The zero-order valence-electron chi connectivity index (χ0n) is 24.4. The fraction of sp³-hybridized carbons (Fsp3) is 0. The zero-order chi connectivity index (χ0) is 29.5. The third kappa shape index (κ3) is 3.46. The summed E-state index contributed by atoms with van der Waals surface area (Å²) in [7, 11) is 0. The van der Waals surface area contributed by atoms with Crippen LogP contribution >= 0.6 is 0 Å². The minimum Gasteiger partial charge on any atom is -0.317 e. The van der Waals surface area contributed by atoms with Crippen LogP contribution < -0.4 is 0 Å². The molecule has 0 bridgehead atoms. The van der Waals surface area contributed by atoms with Crippen LogP contribution in [0.4, 0.5) is 0 Å². The van der Waals surface area contributed by atoms with Crippen LogP contribution in [0.5, 0.6) is 0 Å². The molecule has 0 saturated carbocycles. The third-order valence-electron chi connectivity index (χ3n) is 9.44. The summed E-state index contributed by atoms with van der Waals surface area (Å²) >= 11 is 0. The Labute approximate surface area is 259 Å². The second kappa shape index (κ2) is 9.22. The number of aromatic nitrogens is 3. The molecule has 3 aromatic heterocycles. The van der Waals surface area contributed by atoms with Crippen molar-refractivity contribution in [1.29, 1.82) is 0 Å². The third-order valence-corrected chi connectivity index (χ3v) is 9.44. The van der Waals surface area contributed by atoms with E-state index in [1.165, 1.54) is 76.7 Å². The summed E-state index contributed by atoms with van der Waals surface area (Å²) in [5, 5.41) is 8.85. The van der Waals surface area contributed by atoms with Gasteiger partial charge in [-0.15, -0.1) is 0 Å². The molecule has 0 aliphatic heterocycles. The van der Waals surface area contributed by atoms with Crippen LogP contribution in [0, 0.1) is 0 Å². The average molecular weight is 574 g/mol. The summed E-state index contributed by atoms with van der Waals surface area (Å²) in [5.41, 5.74) is 9.62. The van der Waals surface area contributed by atoms with E-state index in [0.717, 1.165) is 5.69 Å².